The summed E-state index contributed by atoms with van der Waals surface area (Å²) < 4.78 is 13.9. The van der Waals surface area contributed by atoms with Crippen LogP contribution in [0.3, 0.4) is 0 Å². The van der Waals surface area contributed by atoms with Gasteiger partial charge in [-0.15, -0.1) is 0 Å². The molecule has 14 heteroatoms. The number of aromatic nitrogens is 4. The smallest absolute Gasteiger partial charge is 0.407 e. The van der Waals surface area contributed by atoms with Crippen LogP contribution in [0, 0.1) is 13.8 Å². The molecule has 2 N–H and O–H groups in total. The number of halogens is 1. The Hall–Kier alpha value is -3.52. The van der Waals surface area contributed by atoms with E-state index >= 15 is 0 Å². The minimum absolute atomic E-state index is 0. The SMILES string of the molecule is Cc1cc2nc3c(=O)n(CCNC(=O)OC(C)(C)C)c(=O)nc-3n(CC[N+](C)(C)CCNC(=O)OC(C)(C)C)c2cc1C.[Br-]. The van der Waals surface area contributed by atoms with E-state index in [4.69, 9.17) is 9.47 Å². The van der Waals surface area contributed by atoms with Gasteiger partial charge in [0.25, 0.3) is 5.56 Å². The lowest BCUT2D eigenvalue weighted by Crippen LogP contribution is -3.00. The third-order valence-corrected chi connectivity index (χ3v) is 6.78. The van der Waals surface area contributed by atoms with Crippen molar-refractivity contribution in [3.8, 4) is 11.5 Å². The molecule has 0 radical (unpaired) electrons. The van der Waals surface area contributed by atoms with Crippen molar-refractivity contribution in [3.63, 3.8) is 0 Å². The fourth-order valence-electron chi connectivity index (χ4n) is 4.39. The van der Waals surface area contributed by atoms with Crippen LogP contribution < -0.4 is 38.9 Å². The van der Waals surface area contributed by atoms with E-state index in [0.29, 0.717) is 36.2 Å². The highest BCUT2D eigenvalue weighted by atomic mass is 79.9. The van der Waals surface area contributed by atoms with Gasteiger partial charge in [0.2, 0.25) is 0 Å². The Morgan fingerprint density at radius 3 is 1.93 bits per heavy atom. The molecule has 0 saturated carbocycles. The number of amides is 2. The number of carbonyl (C=O) groups excluding carboxylic acids is 2. The van der Waals surface area contributed by atoms with Gasteiger partial charge in [-0.05, 0) is 78.6 Å². The van der Waals surface area contributed by atoms with Crippen LogP contribution in [0.4, 0.5) is 9.59 Å². The summed E-state index contributed by atoms with van der Waals surface area (Å²) in [6.07, 6.45) is -1.11. The second kappa shape index (κ2) is 14.1. The topological polar surface area (TPSA) is 146 Å². The van der Waals surface area contributed by atoms with Gasteiger partial charge in [-0.2, -0.15) is 4.98 Å². The lowest BCUT2D eigenvalue weighted by molar-refractivity contribution is -0.889. The van der Waals surface area contributed by atoms with Gasteiger partial charge in [0, 0.05) is 13.1 Å². The third-order valence-electron chi connectivity index (χ3n) is 6.78. The van der Waals surface area contributed by atoms with Crippen LogP contribution in [-0.2, 0) is 22.6 Å². The monoisotopic (exact) mass is 679 g/mol. The van der Waals surface area contributed by atoms with Gasteiger partial charge in [-0.1, -0.05) is 0 Å². The van der Waals surface area contributed by atoms with Crippen molar-refractivity contribution in [2.24, 2.45) is 0 Å². The van der Waals surface area contributed by atoms with Crippen molar-refractivity contribution in [1.82, 2.24) is 29.7 Å². The van der Waals surface area contributed by atoms with E-state index in [1.807, 2.05) is 65.4 Å². The van der Waals surface area contributed by atoms with Crippen molar-refractivity contribution in [2.45, 2.75) is 79.7 Å². The number of nitrogens with zero attached hydrogens (tertiary/aromatic N) is 5. The number of hydrogen-bond acceptors (Lipinski definition) is 8. The molecule has 3 rings (SSSR count). The van der Waals surface area contributed by atoms with Crippen LogP contribution in [0.15, 0.2) is 21.7 Å². The van der Waals surface area contributed by atoms with E-state index in [-0.39, 0.29) is 41.6 Å². The molecule has 0 aliphatic carbocycles. The van der Waals surface area contributed by atoms with E-state index in [0.717, 1.165) is 21.2 Å². The molecular weight excluding hydrogens is 634 g/mol. The molecule has 0 spiro atoms. The number of ether oxygens (including phenoxy) is 2. The average Bonchev–Trinajstić information content (AvgIpc) is 2.83. The van der Waals surface area contributed by atoms with E-state index in [9.17, 15) is 19.2 Å². The summed E-state index contributed by atoms with van der Waals surface area (Å²) in [6.45, 7) is 16.6. The summed E-state index contributed by atoms with van der Waals surface area (Å²) >= 11 is 0. The number of rotatable bonds is 9. The highest BCUT2D eigenvalue weighted by Gasteiger charge is 2.25. The lowest BCUT2D eigenvalue weighted by Gasteiger charge is -2.31. The second-order valence-electron chi connectivity index (χ2n) is 13.5. The Balaban J connectivity index is 0.00000675. The van der Waals surface area contributed by atoms with Gasteiger partial charge in [0.1, 0.15) is 11.2 Å². The molecule has 44 heavy (non-hydrogen) atoms. The molecule has 2 amide bonds. The maximum atomic E-state index is 13.6. The molecule has 2 heterocycles. The molecule has 0 saturated heterocycles. The first-order valence-corrected chi connectivity index (χ1v) is 14.4. The molecule has 2 aliphatic rings. The number of quaternary nitrogens is 1. The Morgan fingerprint density at radius 2 is 1.36 bits per heavy atom. The molecular formula is C30H46BrN7O6. The van der Waals surface area contributed by atoms with Crippen molar-refractivity contribution in [3.05, 3.63) is 44.1 Å². The van der Waals surface area contributed by atoms with Crippen LogP contribution in [0.2, 0.25) is 0 Å². The zero-order valence-corrected chi connectivity index (χ0v) is 29.0. The molecule has 0 atom stereocenters. The van der Waals surface area contributed by atoms with E-state index in [1.54, 1.807) is 20.8 Å². The van der Waals surface area contributed by atoms with Crippen LogP contribution >= 0.6 is 0 Å². The number of carbonyl (C=O) groups is 2. The van der Waals surface area contributed by atoms with Crippen LogP contribution in [0.5, 0.6) is 0 Å². The average molecular weight is 681 g/mol. The van der Waals surface area contributed by atoms with Gasteiger partial charge in [-0.25, -0.2) is 19.4 Å². The molecule has 244 valence electrons. The maximum Gasteiger partial charge on any atom is 0.407 e. The first kappa shape index (κ1) is 36.7. The Morgan fingerprint density at radius 1 is 0.818 bits per heavy atom. The summed E-state index contributed by atoms with van der Waals surface area (Å²) in [6, 6.07) is 3.91. The fourth-order valence-corrected chi connectivity index (χ4v) is 4.39. The van der Waals surface area contributed by atoms with Crippen LogP contribution in [0.1, 0.15) is 52.7 Å². The second-order valence-corrected chi connectivity index (χ2v) is 13.5. The molecule has 13 nitrogen and oxygen atoms in total. The summed E-state index contributed by atoms with van der Waals surface area (Å²) in [5.74, 6) is 0.203. The van der Waals surface area contributed by atoms with Gasteiger partial charge >= 0.3 is 17.9 Å². The molecule has 0 bridgehead atoms. The van der Waals surface area contributed by atoms with Crippen molar-refractivity contribution in [2.75, 3.05) is 40.3 Å². The minimum atomic E-state index is -0.725. The summed E-state index contributed by atoms with van der Waals surface area (Å²) in [5.41, 5.74) is 0.957. The summed E-state index contributed by atoms with van der Waals surface area (Å²) in [4.78, 5) is 59.7. The van der Waals surface area contributed by atoms with Gasteiger partial charge in [-0.3, -0.25) is 9.36 Å². The van der Waals surface area contributed by atoms with Crippen molar-refractivity contribution < 1.29 is 40.5 Å². The molecule has 2 aliphatic heterocycles. The minimum Gasteiger partial charge on any atom is -1.00 e. The van der Waals surface area contributed by atoms with E-state index in [2.05, 4.69) is 20.6 Å². The quantitative estimate of drug-likeness (QED) is 0.234. The zero-order chi connectivity index (χ0) is 32.3. The van der Waals surface area contributed by atoms with Gasteiger partial charge < -0.3 is 46.1 Å². The number of aryl methyl sites for hydroxylation is 2. The van der Waals surface area contributed by atoms with Crippen molar-refractivity contribution >= 4 is 23.2 Å². The zero-order valence-electron chi connectivity index (χ0n) is 27.5. The highest BCUT2D eigenvalue weighted by molar-refractivity contribution is 5.81. The number of likely N-dealkylation sites (N-methyl/N-ethyl adjacent to an activating group) is 1. The number of benzene rings is 1. The van der Waals surface area contributed by atoms with Gasteiger partial charge in [0.15, 0.2) is 11.5 Å². The van der Waals surface area contributed by atoms with E-state index in [1.165, 1.54) is 0 Å². The highest BCUT2D eigenvalue weighted by Crippen LogP contribution is 2.24. The summed E-state index contributed by atoms with van der Waals surface area (Å²) in [7, 11) is 4.07. The number of fused-ring (bicyclic) bond motifs is 2. The molecule has 1 aromatic rings. The number of alkyl carbamates (subject to hydrolysis) is 2. The number of nitrogens with one attached hydrogen (secondary N) is 2. The largest absolute Gasteiger partial charge is 1.00 e. The third kappa shape index (κ3) is 10.0. The standard InChI is InChI=1S/C30H45N7O6.BrH/c1-19-17-21-22(18-20(19)2)35(14-16-37(9,10)15-12-32-28(41)43-30(6,7)8)24-23(33-21)25(38)36(26(39)34-24)13-11-31-27(40)42-29(3,4)5;/h17-18H,11-16H2,1-10H3,(H-,31,32,40,41);1H. The summed E-state index contributed by atoms with van der Waals surface area (Å²) in [5, 5.41) is 5.36. The molecule has 0 aromatic heterocycles. The normalized spacial score (nSPS) is 12.1. The molecule has 0 unspecified atom stereocenters. The first-order chi connectivity index (χ1) is 19.8. The van der Waals surface area contributed by atoms with Crippen LogP contribution in [-0.4, -0.2) is 87.2 Å². The molecule has 0 fully saturated rings. The first-order valence-electron chi connectivity index (χ1n) is 14.4. The number of hydrogen-bond donors (Lipinski definition) is 2. The maximum absolute atomic E-state index is 13.6. The van der Waals surface area contributed by atoms with E-state index < -0.39 is 34.6 Å². The fraction of sp³-hybridized carbons (Fsp3) is 0.600. The lowest BCUT2D eigenvalue weighted by atomic mass is 10.1. The molecule has 1 aromatic carbocycles. The Labute approximate surface area is 268 Å². The Bertz CT molecular complexity index is 1580. The van der Waals surface area contributed by atoms with Gasteiger partial charge in [0.05, 0.1) is 51.3 Å². The Kier molecular flexibility index (Phi) is 11.7. The van der Waals surface area contributed by atoms with Crippen molar-refractivity contribution in [1.29, 1.82) is 0 Å². The predicted molar refractivity (Wildman–Crippen MR) is 164 cm³/mol. The predicted octanol–water partition coefficient (Wildman–Crippen LogP) is -0.195. The van der Waals surface area contributed by atoms with Crippen LogP contribution in [0.25, 0.3) is 22.6 Å².